The van der Waals surface area contributed by atoms with Gasteiger partial charge in [-0.2, -0.15) is 0 Å². The second-order valence-electron chi connectivity index (χ2n) is 5.37. The van der Waals surface area contributed by atoms with Gasteiger partial charge in [0.2, 0.25) is 0 Å². The molecule has 0 saturated heterocycles. The molecule has 1 fully saturated rings. The van der Waals surface area contributed by atoms with Crippen LogP contribution >= 0.6 is 15.9 Å². The molecule has 5 heteroatoms. The van der Waals surface area contributed by atoms with E-state index in [1.807, 2.05) is 0 Å². The van der Waals surface area contributed by atoms with Crippen LogP contribution < -0.4 is 11.1 Å². The summed E-state index contributed by atoms with van der Waals surface area (Å²) in [6.45, 7) is 2.28. The molecule has 3 N–H and O–H groups in total. The fourth-order valence-electron chi connectivity index (χ4n) is 2.53. The molecule has 1 aliphatic rings. The molecule has 1 aromatic rings. The highest BCUT2D eigenvalue weighted by molar-refractivity contribution is 9.10. The van der Waals surface area contributed by atoms with Crippen LogP contribution in [0.15, 0.2) is 16.7 Å². The van der Waals surface area contributed by atoms with Gasteiger partial charge < -0.3 is 11.1 Å². The van der Waals surface area contributed by atoms with Gasteiger partial charge in [0.05, 0.1) is 5.56 Å². The molecule has 1 aliphatic carbocycles. The van der Waals surface area contributed by atoms with E-state index in [4.69, 9.17) is 5.73 Å². The Balaban J connectivity index is 2.02. The number of nitrogen functional groups attached to an aromatic ring is 1. The van der Waals surface area contributed by atoms with E-state index in [0.29, 0.717) is 5.56 Å². The smallest absolute Gasteiger partial charge is 0.255 e. The minimum atomic E-state index is -0.120. The molecule has 2 unspecified atom stereocenters. The Labute approximate surface area is 122 Å². The van der Waals surface area contributed by atoms with Crippen molar-refractivity contribution in [2.24, 2.45) is 5.92 Å². The molecule has 4 nitrogen and oxygen atoms in total. The Kier molecular flexibility index (Phi) is 4.80. The molecule has 0 aromatic carbocycles. The van der Waals surface area contributed by atoms with Gasteiger partial charge in [0.15, 0.2) is 0 Å². The third kappa shape index (κ3) is 3.93. The predicted octanol–water partition coefficient (Wildman–Crippen LogP) is 3.12. The van der Waals surface area contributed by atoms with Crippen molar-refractivity contribution < 1.29 is 4.79 Å². The highest BCUT2D eigenvalue weighted by Crippen LogP contribution is 2.23. The van der Waals surface area contributed by atoms with Crippen molar-refractivity contribution >= 4 is 27.7 Å². The molecular weight excluding hydrogens is 306 g/mol. The Hall–Kier alpha value is -1.10. The quantitative estimate of drug-likeness (QED) is 0.821. The number of halogens is 1. The van der Waals surface area contributed by atoms with E-state index in [0.717, 1.165) is 23.2 Å². The summed E-state index contributed by atoms with van der Waals surface area (Å²) in [6, 6.07) is 1.98. The highest BCUT2D eigenvalue weighted by Gasteiger charge is 2.20. The van der Waals surface area contributed by atoms with Crippen LogP contribution in [0.2, 0.25) is 0 Å². The Morgan fingerprint density at radius 2 is 2.21 bits per heavy atom. The standard InChI is InChI=1S/C14H20BrN3O/c1-9-3-2-4-11(6-5-9)18-14(19)12-7-10(15)8-17-13(12)16/h7-9,11H,2-6H2,1H3,(H2,16,17)(H,18,19). The van der Waals surface area contributed by atoms with Gasteiger partial charge >= 0.3 is 0 Å². The Bertz CT molecular complexity index is 464. The Morgan fingerprint density at radius 3 is 3.00 bits per heavy atom. The number of anilines is 1. The number of carbonyl (C=O) groups excluding carboxylic acids is 1. The average Bonchev–Trinajstić information content (AvgIpc) is 2.57. The summed E-state index contributed by atoms with van der Waals surface area (Å²) >= 11 is 3.31. The normalized spacial score (nSPS) is 23.7. The molecule has 19 heavy (non-hydrogen) atoms. The van der Waals surface area contributed by atoms with Crippen molar-refractivity contribution in [3.63, 3.8) is 0 Å². The predicted molar refractivity (Wildman–Crippen MR) is 79.9 cm³/mol. The van der Waals surface area contributed by atoms with E-state index in [2.05, 4.69) is 33.2 Å². The second kappa shape index (κ2) is 6.37. The summed E-state index contributed by atoms with van der Waals surface area (Å²) in [5.74, 6) is 0.924. The topological polar surface area (TPSA) is 68.0 Å². The molecule has 2 atom stereocenters. The molecule has 1 amide bonds. The number of rotatable bonds is 2. The molecule has 2 rings (SSSR count). The van der Waals surface area contributed by atoms with Crippen molar-refractivity contribution in [1.82, 2.24) is 10.3 Å². The zero-order chi connectivity index (χ0) is 13.8. The SMILES string of the molecule is CC1CCCC(NC(=O)c2cc(Br)cnc2N)CC1. The van der Waals surface area contributed by atoms with E-state index in [1.54, 1.807) is 12.3 Å². The van der Waals surface area contributed by atoms with E-state index < -0.39 is 0 Å². The third-order valence-electron chi connectivity index (χ3n) is 3.72. The lowest BCUT2D eigenvalue weighted by Gasteiger charge is -2.17. The number of nitrogens with zero attached hydrogens (tertiary/aromatic N) is 1. The van der Waals surface area contributed by atoms with Gasteiger partial charge in [-0.05, 0) is 47.2 Å². The summed E-state index contributed by atoms with van der Waals surface area (Å²) in [5.41, 5.74) is 6.21. The first-order valence-electron chi connectivity index (χ1n) is 6.78. The van der Waals surface area contributed by atoms with Crippen LogP contribution in [0.5, 0.6) is 0 Å². The van der Waals surface area contributed by atoms with Crippen LogP contribution in [0.1, 0.15) is 49.4 Å². The number of aromatic nitrogens is 1. The number of nitrogens with one attached hydrogen (secondary N) is 1. The van der Waals surface area contributed by atoms with Gasteiger partial charge in [0, 0.05) is 16.7 Å². The molecule has 0 radical (unpaired) electrons. The monoisotopic (exact) mass is 325 g/mol. The van der Waals surface area contributed by atoms with Crippen molar-refractivity contribution in [2.45, 2.75) is 45.1 Å². The number of amides is 1. The maximum atomic E-state index is 12.2. The van der Waals surface area contributed by atoms with E-state index in [1.165, 1.54) is 19.3 Å². The van der Waals surface area contributed by atoms with Gasteiger partial charge in [-0.3, -0.25) is 4.79 Å². The molecule has 1 heterocycles. The summed E-state index contributed by atoms with van der Waals surface area (Å²) in [7, 11) is 0. The summed E-state index contributed by atoms with van der Waals surface area (Å²) < 4.78 is 0.765. The third-order valence-corrected chi connectivity index (χ3v) is 4.16. The maximum Gasteiger partial charge on any atom is 0.255 e. The van der Waals surface area contributed by atoms with Crippen LogP contribution in [-0.4, -0.2) is 16.9 Å². The van der Waals surface area contributed by atoms with Gasteiger partial charge in [0.1, 0.15) is 5.82 Å². The van der Waals surface area contributed by atoms with Gasteiger partial charge in [-0.1, -0.05) is 19.8 Å². The fourth-order valence-corrected chi connectivity index (χ4v) is 2.86. The second-order valence-corrected chi connectivity index (χ2v) is 6.29. The number of pyridine rings is 1. The van der Waals surface area contributed by atoms with Gasteiger partial charge in [-0.25, -0.2) is 4.98 Å². The lowest BCUT2D eigenvalue weighted by Crippen LogP contribution is -2.35. The zero-order valence-corrected chi connectivity index (χ0v) is 12.7. The summed E-state index contributed by atoms with van der Waals surface area (Å²) in [4.78, 5) is 16.2. The molecule has 0 bridgehead atoms. The van der Waals surface area contributed by atoms with Crippen molar-refractivity contribution in [3.8, 4) is 0 Å². The summed E-state index contributed by atoms with van der Waals surface area (Å²) in [5, 5.41) is 3.08. The number of carbonyl (C=O) groups is 1. The first kappa shape index (κ1) is 14.3. The van der Waals surface area contributed by atoms with E-state index in [9.17, 15) is 4.79 Å². The van der Waals surface area contributed by atoms with Crippen LogP contribution in [0.3, 0.4) is 0 Å². The molecule has 1 saturated carbocycles. The van der Waals surface area contributed by atoms with Crippen molar-refractivity contribution in [2.75, 3.05) is 5.73 Å². The van der Waals surface area contributed by atoms with Crippen LogP contribution in [-0.2, 0) is 0 Å². The average molecular weight is 326 g/mol. The van der Waals surface area contributed by atoms with Gasteiger partial charge in [-0.15, -0.1) is 0 Å². The first-order chi connectivity index (χ1) is 9.06. The summed E-state index contributed by atoms with van der Waals surface area (Å²) in [6.07, 6.45) is 7.31. The van der Waals surface area contributed by atoms with Gasteiger partial charge in [0.25, 0.3) is 5.91 Å². The highest BCUT2D eigenvalue weighted by atomic mass is 79.9. The number of nitrogens with two attached hydrogens (primary N) is 1. The molecule has 0 aliphatic heterocycles. The minimum Gasteiger partial charge on any atom is -0.383 e. The lowest BCUT2D eigenvalue weighted by atomic mass is 10.0. The number of hydrogen-bond donors (Lipinski definition) is 2. The minimum absolute atomic E-state index is 0.120. The fraction of sp³-hybridized carbons (Fsp3) is 0.571. The molecule has 0 spiro atoms. The molecule has 1 aromatic heterocycles. The lowest BCUT2D eigenvalue weighted by molar-refractivity contribution is 0.0933. The molecule has 104 valence electrons. The zero-order valence-electron chi connectivity index (χ0n) is 11.2. The van der Waals surface area contributed by atoms with Crippen molar-refractivity contribution in [1.29, 1.82) is 0 Å². The van der Waals surface area contributed by atoms with E-state index in [-0.39, 0.29) is 17.8 Å². The largest absolute Gasteiger partial charge is 0.383 e. The van der Waals surface area contributed by atoms with Crippen LogP contribution in [0.25, 0.3) is 0 Å². The van der Waals surface area contributed by atoms with Crippen LogP contribution in [0, 0.1) is 5.92 Å². The first-order valence-corrected chi connectivity index (χ1v) is 7.57. The maximum absolute atomic E-state index is 12.2. The number of hydrogen-bond acceptors (Lipinski definition) is 3. The van der Waals surface area contributed by atoms with E-state index >= 15 is 0 Å². The molecular formula is C14H20BrN3O. The van der Waals surface area contributed by atoms with Crippen LogP contribution in [0.4, 0.5) is 5.82 Å². The Morgan fingerprint density at radius 1 is 1.42 bits per heavy atom. The van der Waals surface area contributed by atoms with Crippen molar-refractivity contribution in [3.05, 3.63) is 22.3 Å².